The van der Waals surface area contributed by atoms with Crippen LogP contribution in [-0.2, 0) is 0 Å². The van der Waals surface area contributed by atoms with E-state index in [2.05, 4.69) is 5.32 Å². The average Bonchev–Trinajstić information content (AvgIpc) is 2.38. The van der Waals surface area contributed by atoms with Gasteiger partial charge in [-0.15, -0.1) is 11.8 Å². The highest BCUT2D eigenvalue weighted by Crippen LogP contribution is 2.33. The molecule has 0 amide bonds. The molecule has 0 radical (unpaired) electrons. The van der Waals surface area contributed by atoms with Gasteiger partial charge in [0.05, 0.1) is 15.4 Å². The van der Waals surface area contributed by atoms with Crippen molar-refractivity contribution < 1.29 is 10.0 Å². The van der Waals surface area contributed by atoms with E-state index < -0.39 is 5.60 Å². The van der Waals surface area contributed by atoms with Crippen molar-refractivity contribution in [3.8, 4) is 0 Å². The van der Waals surface area contributed by atoms with E-state index in [9.17, 15) is 15.2 Å². The number of nitro benzene ring substituents is 1. The number of rotatable bonds is 4. The number of aliphatic hydroxyl groups is 1. The Balaban J connectivity index is 2.03. The Kier molecular flexibility index (Phi) is 4.21. The van der Waals surface area contributed by atoms with Gasteiger partial charge in [-0.2, -0.15) is 0 Å². The largest absolute Gasteiger partial charge is 0.389 e. The zero-order valence-electron chi connectivity index (χ0n) is 9.96. The topological polar surface area (TPSA) is 75.4 Å². The van der Waals surface area contributed by atoms with E-state index in [0.717, 1.165) is 13.1 Å². The first-order valence-electron chi connectivity index (χ1n) is 5.90. The first-order valence-corrected chi connectivity index (χ1v) is 6.89. The van der Waals surface area contributed by atoms with Gasteiger partial charge in [0.1, 0.15) is 0 Å². The molecule has 1 saturated heterocycles. The lowest BCUT2D eigenvalue weighted by Crippen LogP contribution is -2.43. The number of hydrogen-bond donors (Lipinski definition) is 2. The number of para-hydroxylation sites is 1. The predicted molar refractivity (Wildman–Crippen MR) is 70.9 cm³/mol. The Morgan fingerprint density at radius 2 is 2.06 bits per heavy atom. The summed E-state index contributed by atoms with van der Waals surface area (Å²) in [6.45, 7) is 1.60. The Morgan fingerprint density at radius 1 is 1.39 bits per heavy atom. The third-order valence-corrected chi connectivity index (χ3v) is 4.43. The molecule has 0 atom stereocenters. The van der Waals surface area contributed by atoms with Crippen LogP contribution in [0.15, 0.2) is 29.2 Å². The summed E-state index contributed by atoms with van der Waals surface area (Å²) in [6.07, 6.45) is 1.39. The molecule has 1 aliphatic rings. The van der Waals surface area contributed by atoms with Crippen LogP contribution in [0.3, 0.4) is 0 Å². The molecule has 0 aliphatic carbocycles. The van der Waals surface area contributed by atoms with Crippen LogP contribution in [-0.4, -0.2) is 34.5 Å². The second-order valence-electron chi connectivity index (χ2n) is 4.49. The summed E-state index contributed by atoms with van der Waals surface area (Å²) in [5.41, 5.74) is -0.598. The molecule has 0 unspecified atom stereocenters. The number of nitrogens with zero attached hydrogens (tertiary/aromatic N) is 1. The minimum atomic E-state index is -0.709. The van der Waals surface area contributed by atoms with Gasteiger partial charge in [-0.25, -0.2) is 0 Å². The third kappa shape index (κ3) is 3.22. The van der Waals surface area contributed by atoms with Crippen LogP contribution in [0.25, 0.3) is 0 Å². The van der Waals surface area contributed by atoms with Gasteiger partial charge in [-0.1, -0.05) is 12.1 Å². The summed E-state index contributed by atoms with van der Waals surface area (Å²) in [7, 11) is 0. The smallest absolute Gasteiger partial charge is 0.282 e. The number of nitrogens with one attached hydrogen (secondary N) is 1. The number of piperidine rings is 1. The normalized spacial score (nSPS) is 18.5. The summed E-state index contributed by atoms with van der Waals surface area (Å²) in [6, 6.07) is 6.66. The minimum absolute atomic E-state index is 0.111. The molecule has 1 aromatic carbocycles. The lowest BCUT2D eigenvalue weighted by Gasteiger charge is -2.32. The Morgan fingerprint density at radius 3 is 2.72 bits per heavy atom. The summed E-state index contributed by atoms with van der Waals surface area (Å²) < 4.78 is 0. The van der Waals surface area contributed by atoms with Crippen molar-refractivity contribution in [1.29, 1.82) is 0 Å². The molecule has 18 heavy (non-hydrogen) atoms. The lowest BCUT2D eigenvalue weighted by molar-refractivity contribution is -0.387. The first kappa shape index (κ1) is 13.3. The van der Waals surface area contributed by atoms with Gasteiger partial charge in [0, 0.05) is 11.8 Å². The molecular weight excluding hydrogens is 252 g/mol. The van der Waals surface area contributed by atoms with Crippen LogP contribution in [0, 0.1) is 10.1 Å². The highest BCUT2D eigenvalue weighted by molar-refractivity contribution is 7.99. The first-order chi connectivity index (χ1) is 8.61. The molecule has 1 aliphatic heterocycles. The highest BCUT2D eigenvalue weighted by Gasteiger charge is 2.29. The molecule has 0 spiro atoms. The fourth-order valence-corrected chi connectivity index (χ4v) is 3.16. The van der Waals surface area contributed by atoms with Crippen LogP contribution < -0.4 is 5.32 Å². The maximum atomic E-state index is 10.9. The van der Waals surface area contributed by atoms with Crippen molar-refractivity contribution >= 4 is 17.4 Å². The molecule has 5 nitrogen and oxygen atoms in total. The molecule has 0 saturated carbocycles. The molecule has 2 N–H and O–H groups in total. The van der Waals surface area contributed by atoms with E-state index >= 15 is 0 Å². The maximum absolute atomic E-state index is 10.9. The molecule has 1 heterocycles. The van der Waals surface area contributed by atoms with Crippen LogP contribution >= 0.6 is 11.8 Å². The molecular formula is C12H16N2O3S. The van der Waals surface area contributed by atoms with Crippen molar-refractivity contribution in [3.05, 3.63) is 34.4 Å². The predicted octanol–water partition coefficient (Wildman–Crippen LogP) is 1.80. The van der Waals surface area contributed by atoms with Crippen molar-refractivity contribution in [1.82, 2.24) is 5.32 Å². The van der Waals surface area contributed by atoms with Crippen LogP contribution in [0.2, 0.25) is 0 Å². The van der Waals surface area contributed by atoms with Crippen LogP contribution in [0.5, 0.6) is 0 Å². The van der Waals surface area contributed by atoms with E-state index in [1.165, 1.54) is 17.8 Å². The molecule has 1 aromatic rings. The molecule has 0 aromatic heterocycles. The standard InChI is InChI=1S/C12H16N2O3S/c15-12(5-7-13-8-6-12)9-18-11-4-2-1-3-10(11)14(16)17/h1-4,13,15H,5-9H2. The van der Waals surface area contributed by atoms with Crippen LogP contribution in [0.1, 0.15) is 12.8 Å². The Hall–Kier alpha value is -1.11. The van der Waals surface area contributed by atoms with Gasteiger partial charge < -0.3 is 10.4 Å². The van der Waals surface area contributed by atoms with Gasteiger partial charge in [-0.05, 0) is 32.0 Å². The molecule has 98 valence electrons. The lowest BCUT2D eigenvalue weighted by atomic mass is 9.95. The van der Waals surface area contributed by atoms with E-state index in [-0.39, 0.29) is 10.6 Å². The van der Waals surface area contributed by atoms with E-state index in [4.69, 9.17) is 0 Å². The highest BCUT2D eigenvalue weighted by atomic mass is 32.2. The minimum Gasteiger partial charge on any atom is -0.389 e. The zero-order chi connectivity index (χ0) is 13.0. The fourth-order valence-electron chi connectivity index (χ4n) is 1.98. The van der Waals surface area contributed by atoms with E-state index in [0.29, 0.717) is 23.5 Å². The summed E-state index contributed by atoms with van der Waals surface area (Å²) in [4.78, 5) is 11.1. The summed E-state index contributed by atoms with van der Waals surface area (Å²) in [5.74, 6) is 0.500. The zero-order valence-corrected chi connectivity index (χ0v) is 10.8. The number of benzene rings is 1. The van der Waals surface area contributed by atoms with Crippen LogP contribution in [0.4, 0.5) is 5.69 Å². The van der Waals surface area contributed by atoms with Gasteiger partial charge in [0.25, 0.3) is 5.69 Å². The SMILES string of the molecule is O=[N+]([O-])c1ccccc1SCC1(O)CCNCC1. The molecule has 2 rings (SSSR count). The van der Waals surface area contributed by atoms with Crippen molar-refractivity contribution in [2.75, 3.05) is 18.8 Å². The van der Waals surface area contributed by atoms with Gasteiger partial charge in [0.15, 0.2) is 0 Å². The Bertz CT molecular complexity index is 433. The van der Waals surface area contributed by atoms with Crippen molar-refractivity contribution in [2.24, 2.45) is 0 Å². The fraction of sp³-hybridized carbons (Fsp3) is 0.500. The average molecular weight is 268 g/mol. The van der Waals surface area contributed by atoms with E-state index in [1.807, 2.05) is 0 Å². The van der Waals surface area contributed by atoms with E-state index in [1.54, 1.807) is 18.2 Å². The summed E-state index contributed by atoms with van der Waals surface area (Å²) in [5, 5.41) is 24.4. The monoisotopic (exact) mass is 268 g/mol. The van der Waals surface area contributed by atoms with Gasteiger partial charge >= 0.3 is 0 Å². The van der Waals surface area contributed by atoms with Gasteiger partial charge in [-0.3, -0.25) is 10.1 Å². The van der Waals surface area contributed by atoms with Crippen molar-refractivity contribution in [2.45, 2.75) is 23.3 Å². The molecule has 1 fully saturated rings. The van der Waals surface area contributed by atoms with Gasteiger partial charge in [0.2, 0.25) is 0 Å². The molecule has 6 heteroatoms. The number of hydrogen-bond acceptors (Lipinski definition) is 5. The number of thioether (sulfide) groups is 1. The number of nitro groups is 1. The van der Waals surface area contributed by atoms with Crippen molar-refractivity contribution in [3.63, 3.8) is 0 Å². The molecule has 0 bridgehead atoms. The quantitative estimate of drug-likeness (QED) is 0.495. The summed E-state index contributed by atoms with van der Waals surface area (Å²) >= 11 is 1.36. The maximum Gasteiger partial charge on any atom is 0.282 e. The second kappa shape index (κ2) is 5.69. The Labute approximate surface area is 110 Å². The third-order valence-electron chi connectivity index (χ3n) is 3.09. The second-order valence-corrected chi connectivity index (χ2v) is 5.51.